The van der Waals surface area contributed by atoms with Gasteiger partial charge in [-0.1, -0.05) is 30.3 Å². The van der Waals surface area contributed by atoms with Crippen molar-refractivity contribution in [2.24, 2.45) is 0 Å². The van der Waals surface area contributed by atoms with Crippen molar-refractivity contribution in [3.63, 3.8) is 0 Å². The number of carbonyl (C=O) groups is 1. The molecule has 0 aliphatic rings. The van der Waals surface area contributed by atoms with E-state index in [9.17, 15) is 14.3 Å². The molecule has 1 N–H and O–H groups in total. The Bertz CT molecular complexity index is 705. The molecule has 5 heteroatoms. The number of aliphatic hydroxyl groups is 1. The van der Waals surface area contributed by atoms with E-state index in [1.165, 1.54) is 18.2 Å². The van der Waals surface area contributed by atoms with E-state index in [1.54, 1.807) is 25.1 Å². The van der Waals surface area contributed by atoms with E-state index < -0.39 is 11.9 Å². The molecule has 0 heterocycles. The van der Waals surface area contributed by atoms with E-state index in [1.807, 2.05) is 31.2 Å². The van der Waals surface area contributed by atoms with Crippen LogP contribution in [0.2, 0.25) is 0 Å². The molecular formula is C19H22FNO3. The van der Waals surface area contributed by atoms with E-state index in [2.05, 4.69) is 0 Å². The molecule has 0 radical (unpaired) electrons. The second kappa shape index (κ2) is 7.93. The minimum atomic E-state index is -1.04. The minimum Gasteiger partial charge on any atom is -0.496 e. The molecule has 1 amide bonds. The van der Waals surface area contributed by atoms with Crippen LogP contribution < -0.4 is 4.74 Å². The molecule has 0 aliphatic carbocycles. The SMILES string of the molecule is COc1ccccc1[C@H](C)N(C)C(=O)C[C@@H](O)c1cccc(F)c1. The fraction of sp³-hybridized carbons (Fsp3) is 0.316. The average molecular weight is 331 g/mol. The number of carbonyl (C=O) groups excluding carboxylic acids is 1. The molecule has 0 saturated carbocycles. The molecule has 2 aromatic carbocycles. The zero-order chi connectivity index (χ0) is 17.7. The summed E-state index contributed by atoms with van der Waals surface area (Å²) in [7, 11) is 3.26. The second-order valence-electron chi connectivity index (χ2n) is 5.70. The molecule has 128 valence electrons. The highest BCUT2D eigenvalue weighted by Crippen LogP contribution is 2.29. The predicted octanol–water partition coefficient (Wildman–Crippen LogP) is 3.48. The van der Waals surface area contributed by atoms with Crippen LogP contribution in [0, 0.1) is 5.82 Å². The number of benzene rings is 2. The van der Waals surface area contributed by atoms with Crippen molar-refractivity contribution in [2.75, 3.05) is 14.2 Å². The normalized spacial score (nSPS) is 13.2. The van der Waals surface area contributed by atoms with E-state index in [0.717, 1.165) is 5.56 Å². The Labute approximate surface area is 141 Å². The summed E-state index contributed by atoms with van der Waals surface area (Å²) in [5.41, 5.74) is 1.28. The summed E-state index contributed by atoms with van der Waals surface area (Å²) < 4.78 is 18.6. The van der Waals surface area contributed by atoms with Crippen molar-refractivity contribution in [2.45, 2.75) is 25.5 Å². The van der Waals surface area contributed by atoms with Crippen LogP contribution in [-0.4, -0.2) is 30.1 Å². The first-order valence-electron chi connectivity index (χ1n) is 7.76. The molecule has 0 spiro atoms. The number of ether oxygens (including phenoxy) is 1. The average Bonchev–Trinajstić information content (AvgIpc) is 2.60. The third-order valence-electron chi connectivity index (χ3n) is 4.16. The molecular weight excluding hydrogens is 309 g/mol. The third-order valence-corrected chi connectivity index (χ3v) is 4.16. The van der Waals surface area contributed by atoms with Gasteiger partial charge >= 0.3 is 0 Å². The lowest BCUT2D eigenvalue weighted by molar-refractivity contribution is -0.134. The van der Waals surface area contributed by atoms with Gasteiger partial charge in [-0.05, 0) is 30.7 Å². The van der Waals surface area contributed by atoms with E-state index >= 15 is 0 Å². The number of nitrogens with zero attached hydrogens (tertiary/aromatic N) is 1. The summed E-state index contributed by atoms with van der Waals surface area (Å²) in [6.45, 7) is 1.89. The third kappa shape index (κ3) is 4.11. The number of para-hydroxylation sites is 1. The Hall–Kier alpha value is -2.40. The van der Waals surface area contributed by atoms with Gasteiger partial charge in [-0.3, -0.25) is 4.79 Å². The fourth-order valence-electron chi connectivity index (χ4n) is 2.58. The van der Waals surface area contributed by atoms with Gasteiger partial charge in [0.25, 0.3) is 0 Å². The van der Waals surface area contributed by atoms with Crippen LogP contribution >= 0.6 is 0 Å². The predicted molar refractivity (Wildman–Crippen MR) is 90.2 cm³/mol. The minimum absolute atomic E-state index is 0.112. The Morgan fingerprint density at radius 3 is 2.62 bits per heavy atom. The molecule has 0 fully saturated rings. The highest BCUT2D eigenvalue weighted by Gasteiger charge is 2.23. The second-order valence-corrected chi connectivity index (χ2v) is 5.70. The first kappa shape index (κ1) is 17.9. The lowest BCUT2D eigenvalue weighted by atomic mass is 10.0. The smallest absolute Gasteiger partial charge is 0.225 e. The van der Waals surface area contributed by atoms with Crippen LogP contribution in [0.1, 0.15) is 36.6 Å². The number of hydrogen-bond acceptors (Lipinski definition) is 3. The van der Waals surface area contributed by atoms with Gasteiger partial charge in [0.15, 0.2) is 0 Å². The lowest BCUT2D eigenvalue weighted by Crippen LogP contribution is -2.31. The summed E-state index contributed by atoms with van der Waals surface area (Å²) in [5.74, 6) is 0.0373. The van der Waals surface area contributed by atoms with Crippen molar-refractivity contribution in [1.29, 1.82) is 0 Å². The Balaban J connectivity index is 2.08. The molecule has 24 heavy (non-hydrogen) atoms. The van der Waals surface area contributed by atoms with Crippen molar-refractivity contribution >= 4 is 5.91 Å². The molecule has 4 nitrogen and oxygen atoms in total. The van der Waals surface area contributed by atoms with Crippen molar-refractivity contribution in [3.8, 4) is 5.75 Å². The van der Waals surface area contributed by atoms with Gasteiger partial charge in [-0.2, -0.15) is 0 Å². The van der Waals surface area contributed by atoms with E-state index in [0.29, 0.717) is 11.3 Å². The van der Waals surface area contributed by atoms with Crippen LogP contribution in [0.4, 0.5) is 4.39 Å². The number of halogens is 1. The molecule has 0 aliphatic heterocycles. The first-order valence-corrected chi connectivity index (χ1v) is 7.76. The van der Waals surface area contributed by atoms with Crippen molar-refractivity contribution in [3.05, 3.63) is 65.5 Å². The Morgan fingerprint density at radius 1 is 1.25 bits per heavy atom. The number of methoxy groups -OCH3 is 1. The Kier molecular flexibility index (Phi) is 5.93. The van der Waals surface area contributed by atoms with Gasteiger partial charge in [-0.15, -0.1) is 0 Å². The highest BCUT2D eigenvalue weighted by atomic mass is 19.1. The quantitative estimate of drug-likeness (QED) is 0.882. The summed E-state index contributed by atoms with van der Waals surface area (Å²) in [4.78, 5) is 14.0. The highest BCUT2D eigenvalue weighted by molar-refractivity contribution is 5.77. The van der Waals surface area contributed by atoms with Crippen LogP contribution in [0.25, 0.3) is 0 Å². The molecule has 2 atom stereocenters. The van der Waals surface area contributed by atoms with Gasteiger partial charge in [0, 0.05) is 12.6 Å². The van der Waals surface area contributed by atoms with E-state index in [4.69, 9.17) is 4.74 Å². The zero-order valence-corrected chi connectivity index (χ0v) is 14.1. The van der Waals surface area contributed by atoms with Crippen molar-refractivity contribution in [1.82, 2.24) is 4.90 Å². The molecule has 0 saturated heterocycles. The van der Waals surface area contributed by atoms with Crippen LogP contribution in [0.3, 0.4) is 0 Å². The molecule has 0 aromatic heterocycles. The van der Waals surface area contributed by atoms with Crippen LogP contribution in [0.5, 0.6) is 5.75 Å². The molecule has 2 aromatic rings. The number of rotatable bonds is 6. The number of amides is 1. The maximum absolute atomic E-state index is 13.2. The van der Waals surface area contributed by atoms with Gasteiger partial charge < -0.3 is 14.7 Å². The first-order chi connectivity index (χ1) is 11.4. The lowest BCUT2D eigenvalue weighted by Gasteiger charge is -2.27. The van der Waals surface area contributed by atoms with Gasteiger partial charge in [-0.25, -0.2) is 4.39 Å². The maximum Gasteiger partial charge on any atom is 0.225 e. The molecule has 0 unspecified atom stereocenters. The molecule has 0 bridgehead atoms. The van der Waals surface area contributed by atoms with Crippen LogP contribution in [0.15, 0.2) is 48.5 Å². The maximum atomic E-state index is 13.2. The largest absolute Gasteiger partial charge is 0.496 e. The zero-order valence-electron chi connectivity index (χ0n) is 14.1. The number of aliphatic hydroxyl groups excluding tert-OH is 1. The fourth-order valence-corrected chi connectivity index (χ4v) is 2.58. The summed E-state index contributed by atoms with van der Waals surface area (Å²) in [6, 6.07) is 12.9. The standard InChI is InChI=1S/C19H22FNO3/c1-13(16-9-4-5-10-18(16)24-3)21(2)19(23)12-17(22)14-7-6-8-15(20)11-14/h4-11,13,17,22H,12H2,1-3H3/t13-,17+/m0/s1. The summed E-state index contributed by atoms with van der Waals surface area (Å²) in [5, 5.41) is 10.2. The van der Waals surface area contributed by atoms with Gasteiger partial charge in [0.05, 0.1) is 25.7 Å². The summed E-state index contributed by atoms with van der Waals surface area (Å²) >= 11 is 0. The number of hydrogen-bond donors (Lipinski definition) is 1. The summed E-state index contributed by atoms with van der Waals surface area (Å²) in [6.07, 6.45) is -1.15. The Morgan fingerprint density at radius 2 is 1.96 bits per heavy atom. The van der Waals surface area contributed by atoms with Crippen LogP contribution in [-0.2, 0) is 4.79 Å². The monoisotopic (exact) mass is 331 g/mol. The van der Waals surface area contributed by atoms with E-state index in [-0.39, 0.29) is 18.4 Å². The van der Waals surface area contributed by atoms with Gasteiger partial charge in [0.1, 0.15) is 11.6 Å². The molecule has 2 rings (SSSR count). The van der Waals surface area contributed by atoms with Crippen molar-refractivity contribution < 1.29 is 19.0 Å². The topological polar surface area (TPSA) is 49.8 Å². The van der Waals surface area contributed by atoms with Gasteiger partial charge in [0.2, 0.25) is 5.91 Å².